The number of hydrogen-bond donors (Lipinski definition) is 1. The van der Waals surface area contributed by atoms with Crippen molar-refractivity contribution in [1.29, 1.82) is 0 Å². The van der Waals surface area contributed by atoms with E-state index in [0.717, 1.165) is 14.5 Å². The molecule has 3 heteroatoms. The summed E-state index contributed by atoms with van der Waals surface area (Å²) in [5.74, 6) is 0. The van der Waals surface area contributed by atoms with E-state index in [9.17, 15) is 0 Å². The first-order valence-corrected chi connectivity index (χ1v) is 3.44. The van der Waals surface area contributed by atoms with Crippen LogP contribution in [0.4, 0.5) is 0 Å². The van der Waals surface area contributed by atoms with E-state index < -0.39 is 0 Å². The van der Waals surface area contributed by atoms with Crippen LogP contribution in [-0.4, -0.2) is 25.5 Å². The average molecular weight is 188 g/mol. The van der Waals surface area contributed by atoms with Crippen LogP contribution >= 0.6 is 0 Å². The Kier molecular flexibility index (Phi) is 1.74. The molecule has 1 N–H and O–H groups in total. The molecule has 0 saturated carbocycles. The number of hydrogen-bond acceptors (Lipinski definition) is 1. The molecule has 9 heavy (non-hydrogen) atoms. The maximum atomic E-state index is 8.99. The molecule has 0 fully saturated rings. The van der Waals surface area contributed by atoms with E-state index in [1.807, 2.05) is 19.1 Å². The van der Waals surface area contributed by atoms with Gasteiger partial charge in [0, 0.05) is 0 Å². The Morgan fingerprint density at radius 2 is 2.22 bits per heavy atom. The minimum absolute atomic E-state index is 0.723. The van der Waals surface area contributed by atoms with Gasteiger partial charge in [-0.3, -0.25) is 0 Å². The van der Waals surface area contributed by atoms with E-state index in [1.54, 1.807) is 6.20 Å². The fraction of sp³-hybridized carbons (Fsp3) is 0.167. The molecule has 0 amide bonds. The zero-order chi connectivity index (χ0) is 6.85. The molecule has 1 aromatic heterocycles. The Balaban J connectivity index is 3.34. The van der Waals surface area contributed by atoms with Crippen molar-refractivity contribution in [1.82, 2.24) is 4.73 Å². The zero-order valence-corrected chi connectivity index (χ0v) is 6.75. The van der Waals surface area contributed by atoms with Crippen LogP contribution in [0, 0.1) is 11.1 Å². The van der Waals surface area contributed by atoms with Crippen molar-refractivity contribution in [3.05, 3.63) is 28.1 Å². The first-order valence-electron chi connectivity index (χ1n) is 2.59. The van der Waals surface area contributed by atoms with Gasteiger partial charge in [0.05, 0.1) is 0 Å². The summed E-state index contributed by atoms with van der Waals surface area (Å²) >= 11 is 2.71. The van der Waals surface area contributed by atoms with Gasteiger partial charge < -0.3 is 0 Å². The van der Waals surface area contributed by atoms with Gasteiger partial charge >= 0.3 is 60.5 Å². The molecule has 0 radical (unpaired) electrons. The summed E-state index contributed by atoms with van der Waals surface area (Å²) in [5.41, 5.74) is 1.04. The van der Waals surface area contributed by atoms with E-state index in [1.165, 1.54) is 0 Å². The van der Waals surface area contributed by atoms with Crippen molar-refractivity contribution in [2.75, 3.05) is 0 Å². The molecular weight excluding hydrogens is 181 g/mol. The predicted octanol–water partition coefficient (Wildman–Crippen LogP) is 0.734. The van der Waals surface area contributed by atoms with Gasteiger partial charge in [-0.25, -0.2) is 0 Å². The quantitative estimate of drug-likeness (QED) is 0.471. The summed E-state index contributed by atoms with van der Waals surface area (Å²) in [6.45, 7) is 1.92. The Labute approximate surface area is 61.1 Å². The van der Waals surface area contributed by atoms with E-state index in [2.05, 4.69) is 15.6 Å². The molecule has 0 spiro atoms. The summed E-state index contributed by atoms with van der Waals surface area (Å²) in [6, 6.07) is 3.74. The van der Waals surface area contributed by atoms with Crippen molar-refractivity contribution in [3.63, 3.8) is 0 Å². The first kappa shape index (κ1) is 6.59. The van der Waals surface area contributed by atoms with Crippen LogP contribution < -0.4 is 0 Å². The van der Waals surface area contributed by atoms with Gasteiger partial charge in [0.2, 0.25) is 0 Å². The second kappa shape index (κ2) is 2.38. The molecule has 1 aromatic rings. The van der Waals surface area contributed by atoms with E-state index in [-0.39, 0.29) is 0 Å². The molecule has 0 unspecified atom stereocenters. The van der Waals surface area contributed by atoms with Crippen LogP contribution in [0.5, 0.6) is 0 Å². The number of aryl methyl sites for hydroxylation is 1. The SMILES string of the molecule is Cc1ccc(=[Se])n(O)c1. The monoisotopic (exact) mass is 189 g/mol. The normalized spacial score (nSPS) is 9.44. The van der Waals surface area contributed by atoms with Crippen LogP contribution in [0.25, 0.3) is 0 Å². The maximum absolute atomic E-state index is 8.99. The molecule has 1 heterocycles. The first-order chi connectivity index (χ1) is 4.20. The summed E-state index contributed by atoms with van der Waals surface area (Å²) in [4.78, 5) is 0. The predicted molar refractivity (Wildman–Crippen MR) is 35.4 cm³/mol. The molecule has 0 saturated heterocycles. The molecule has 0 atom stereocenters. The Bertz CT molecular complexity index is 266. The van der Waals surface area contributed by atoms with E-state index in [0.29, 0.717) is 0 Å². The van der Waals surface area contributed by atoms with Crippen molar-refractivity contribution in [3.8, 4) is 0 Å². The average Bonchev–Trinajstić information content (AvgIpc) is 1.80. The van der Waals surface area contributed by atoms with Gasteiger partial charge in [-0.05, 0) is 0 Å². The van der Waals surface area contributed by atoms with Gasteiger partial charge in [0.25, 0.3) is 0 Å². The van der Waals surface area contributed by atoms with Crippen LogP contribution in [0.2, 0.25) is 0 Å². The van der Waals surface area contributed by atoms with Crippen LogP contribution in [0.3, 0.4) is 0 Å². The summed E-state index contributed by atoms with van der Waals surface area (Å²) in [7, 11) is 0. The number of pyridine rings is 1. The molecule has 0 aliphatic carbocycles. The summed E-state index contributed by atoms with van der Waals surface area (Å²) in [6.07, 6.45) is 1.64. The van der Waals surface area contributed by atoms with Gasteiger partial charge in [-0.15, -0.1) is 0 Å². The summed E-state index contributed by atoms with van der Waals surface area (Å²) in [5, 5.41) is 8.99. The standard InChI is InChI=1S/C6H7NOSe/c1-5-2-3-6(9)7(8)4-5/h2-4,8H,1H3. The molecule has 2 nitrogen and oxygen atoms in total. The molecule has 0 bridgehead atoms. The van der Waals surface area contributed by atoms with Gasteiger partial charge in [-0.1, -0.05) is 0 Å². The Morgan fingerprint density at radius 1 is 1.56 bits per heavy atom. The van der Waals surface area contributed by atoms with Crippen molar-refractivity contribution in [2.45, 2.75) is 6.92 Å². The molecule has 48 valence electrons. The zero-order valence-electron chi connectivity index (χ0n) is 5.03. The van der Waals surface area contributed by atoms with Crippen molar-refractivity contribution >= 4 is 15.6 Å². The molecule has 0 aliphatic heterocycles. The third-order valence-corrected chi connectivity index (χ3v) is 1.72. The topological polar surface area (TPSA) is 25.2 Å². The van der Waals surface area contributed by atoms with Crippen LogP contribution in [0.15, 0.2) is 18.3 Å². The minimum atomic E-state index is 0.723. The van der Waals surface area contributed by atoms with Crippen molar-refractivity contribution in [2.24, 2.45) is 0 Å². The van der Waals surface area contributed by atoms with Crippen LogP contribution in [0.1, 0.15) is 5.56 Å². The molecule has 1 rings (SSSR count). The molecular formula is C6H7NOSe. The third-order valence-electron chi connectivity index (χ3n) is 1.04. The molecule has 0 aliphatic rings. The fourth-order valence-electron chi connectivity index (χ4n) is 0.579. The van der Waals surface area contributed by atoms with Gasteiger partial charge in [-0.2, -0.15) is 0 Å². The summed E-state index contributed by atoms with van der Waals surface area (Å²) < 4.78 is 1.79. The van der Waals surface area contributed by atoms with E-state index >= 15 is 0 Å². The number of rotatable bonds is 0. The molecule has 0 aromatic carbocycles. The van der Waals surface area contributed by atoms with Crippen molar-refractivity contribution < 1.29 is 5.21 Å². The number of nitrogens with zero attached hydrogens (tertiary/aromatic N) is 1. The van der Waals surface area contributed by atoms with Gasteiger partial charge in [0.15, 0.2) is 0 Å². The van der Waals surface area contributed by atoms with Crippen LogP contribution in [-0.2, 0) is 0 Å². The Hall–Kier alpha value is -0.531. The Morgan fingerprint density at radius 3 is 2.67 bits per heavy atom. The third kappa shape index (κ3) is 1.44. The fourth-order valence-corrected chi connectivity index (χ4v) is 0.832. The second-order valence-corrected chi connectivity index (χ2v) is 2.77. The number of aromatic nitrogens is 1. The van der Waals surface area contributed by atoms with E-state index in [4.69, 9.17) is 5.21 Å². The second-order valence-electron chi connectivity index (χ2n) is 1.89. The van der Waals surface area contributed by atoms with Gasteiger partial charge in [0.1, 0.15) is 0 Å².